The molecule has 0 aromatic carbocycles. The zero-order chi connectivity index (χ0) is 12.8. The van der Waals surface area contributed by atoms with E-state index in [0.29, 0.717) is 0 Å². The summed E-state index contributed by atoms with van der Waals surface area (Å²) in [6, 6.07) is -0.0855. The summed E-state index contributed by atoms with van der Waals surface area (Å²) in [4.78, 5) is 11.4. The van der Waals surface area contributed by atoms with E-state index in [1.165, 1.54) is 0 Å². The van der Waals surface area contributed by atoms with E-state index in [0.717, 1.165) is 25.8 Å². The fourth-order valence-corrected chi connectivity index (χ4v) is 1.43. The lowest BCUT2D eigenvalue weighted by Crippen LogP contribution is -2.46. The Balaban J connectivity index is 3.50. The van der Waals surface area contributed by atoms with Gasteiger partial charge in [-0.25, -0.2) is 4.79 Å². The van der Waals surface area contributed by atoms with Gasteiger partial charge in [0, 0.05) is 16.8 Å². The summed E-state index contributed by atoms with van der Waals surface area (Å²) in [5, 5.41) is 5.71. The van der Waals surface area contributed by atoms with E-state index in [2.05, 4.69) is 37.1 Å². The fourth-order valence-electron chi connectivity index (χ4n) is 1.27. The molecule has 0 fully saturated rings. The minimum Gasteiger partial charge on any atom is -0.338 e. The summed E-state index contributed by atoms with van der Waals surface area (Å²) in [5.74, 6) is 0. The van der Waals surface area contributed by atoms with Crippen LogP contribution in [0.2, 0.25) is 0 Å². The Morgan fingerprint density at radius 2 is 1.69 bits per heavy atom. The zero-order valence-electron chi connectivity index (χ0n) is 11.2. The number of carbonyl (C=O) groups is 1. The van der Waals surface area contributed by atoms with E-state index in [1.54, 1.807) is 0 Å². The third-order valence-corrected chi connectivity index (χ3v) is 2.21. The van der Waals surface area contributed by atoms with Crippen molar-refractivity contribution in [3.63, 3.8) is 0 Å². The quantitative estimate of drug-likeness (QED) is 0.506. The average Bonchev–Trinajstić information content (AvgIpc) is 1.97. The van der Waals surface area contributed by atoms with Crippen molar-refractivity contribution in [3.8, 4) is 0 Å². The summed E-state index contributed by atoms with van der Waals surface area (Å²) in [5.41, 5.74) is -0.169. The standard InChI is InChI=1S/C12H26N2OS/c1-11(2,3)14-10(15)13-9-7-6-8-12(4,5)16/h16H,6-9H2,1-5H3,(H2,13,14,15). The van der Waals surface area contributed by atoms with Gasteiger partial charge < -0.3 is 10.6 Å². The first-order valence-corrected chi connectivity index (χ1v) is 6.33. The van der Waals surface area contributed by atoms with Crippen molar-refractivity contribution >= 4 is 18.7 Å². The number of carbonyl (C=O) groups excluding carboxylic acids is 1. The number of nitrogens with one attached hydrogen (secondary N) is 2. The molecule has 0 radical (unpaired) electrons. The maximum atomic E-state index is 11.4. The highest BCUT2D eigenvalue weighted by atomic mass is 32.1. The Morgan fingerprint density at radius 3 is 2.12 bits per heavy atom. The van der Waals surface area contributed by atoms with E-state index >= 15 is 0 Å². The highest BCUT2D eigenvalue weighted by Crippen LogP contribution is 2.19. The van der Waals surface area contributed by atoms with Crippen LogP contribution in [0, 0.1) is 0 Å². The summed E-state index contributed by atoms with van der Waals surface area (Å²) < 4.78 is 0.0909. The lowest BCUT2D eigenvalue weighted by Gasteiger charge is -2.21. The number of thiol groups is 1. The van der Waals surface area contributed by atoms with Crippen LogP contribution in [0.15, 0.2) is 0 Å². The largest absolute Gasteiger partial charge is 0.338 e. The van der Waals surface area contributed by atoms with Gasteiger partial charge in [0.15, 0.2) is 0 Å². The molecular formula is C12H26N2OS. The topological polar surface area (TPSA) is 41.1 Å². The molecule has 0 aromatic rings. The lowest BCUT2D eigenvalue weighted by atomic mass is 10.1. The molecule has 0 atom stereocenters. The van der Waals surface area contributed by atoms with Crippen molar-refractivity contribution in [2.75, 3.05) is 6.54 Å². The number of amides is 2. The van der Waals surface area contributed by atoms with Gasteiger partial charge in [0.1, 0.15) is 0 Å². The number of unbranched alkanes of at least 4 members (excludes halogenated alkanes) is 1. The second kappa shape index (κ2) is 6.38. The Kier molecular flexibility index (Phi) is 6.23. The Hall–Kier alpha value is -0.380. The van der Waals surface area contributed by atoms with Crippen LogP contribution in [0.4, 0.5) is 4.79 Å². The van der Waals surface area contributed by atoms with Crippen molar-refractivity contribution in [2.45, 2.75) is 64.2 Å². The maximum absolute atomic E-state index is 11.4. The highest BCUT2D eigenvalue weighted by Gasteiger charge is 2.13. The van der Waals surface area contributed by atoms with E-state index in [1.807, 2.05) is 20.8 Å². The number of hydrogen-bond acceptors (Lipinski definition) is 2. The van der Waals surface area contributed by atoms with Gasteiger partial charge in [-0.3, -0.25) is 0 Å². The minimum atomic E-state index is -0.169. The molecule has 0 saturated carbocycles. The lowest BCUT2D eigenvalue weighted by molar-refractivity contribution is 0.232. The molecule has 0 bridgehead atoms. The first-order chi connectivity index (χ1) is 7.10. The Bertz CT molecular complexity index is 216. The van der Waals surface area contributed by atoms with Crippen LogP contribution in [-0.2, 0) is 0 Å². The Morgan fingerprint density at radius 1 is 1.12 bits per heavy atom. The molecule has 3 nitrogen and oxygen atoms in total. The van der Waals surface area contributed by atoms with Crippen LogP contribution in [0.3, 0.4) is 0 Å². The molecule has 0 spiro atoms. The van der Waals surface area contributed by atoms with E-state index in [9.17, 15) is 4.79 Å². The van der Waals surface area contributed by atoms with E-state index in [-0.39, 0.29) is 16.3 Å². The summed E-state index contributed by atoms with van der Waals surface area (Å²) >= 11 is 4.45. The Labute approximate surface area is 105 Å². The molecule has 2 N–H and O–H groups in total. The molecule has 0 heterocycles. The molecule has 0 aliphatic rings. The smallest absolute Gasteiger partial charge is 0.315 e. The number of rotatable bonds is 5. The predicted molar refractivity (Wildman–Crippen MR) is 73.2 cm³/mol. The highest BCUT2D eigenvalue weighted by molar-refractivity contribution is 7.81. The average molecular weight is 246 g/mol. The summed E-state index contributed by atoms with van der Waals surface area (Å²) in [6.07, 6.45) is 3.16. The number of urea groups is 1. The molecule has 0 aliphatic carbocycles. The molecule has 2 amide bonds. The summed E-state index contributed by atoms with van der Waals surface area (Å²) in [6.45, 7) is 10.8. The molecule has 0 unspecified atom stereocenters. The van der Waals surface area contributed by atoms with Gasteiger partial charge in [0.25, 0.3) is 0 Å². The van der Waals surface area contributed by atoms with Crippen LogP contribution in [0.5, 0.6) is 0 Å². The van der Waals surface area contributed by atoms with Crippen LogP contribution in [-0.4, -0.2) is 22.9 Å². The minimum absolute atomic E-state index is 0.0855. The van der Waals surface area contributed by atoms with Gasteiger partial charge in [-0.2, -0.15) is 12.6 Å². The second-order valence-corrected chi connectivity index (χ2v) is 7.11. The van der Waals surface area contributed by atoms with Crippen LogP contribution >= 0.6 is 12.6 Å². The van der Waals surface area contributed by atoms with Gasteiger partial charge in [-0.1, -0.05) is 20.3 Å². The molecule has 16 heavy (non-hydrogen) atoms. The van der Waals surface area contributed by atoms with Crippen molar-refractivity contribution in [1.29, 1.82) is 0 Å². The van der Waals surface area contributed by atoms with Crippen molar-refractivity contribution in [3.05, 3.63) is 0 Å². The fraction of sp³-hybridized carbons (Fsp3) is 0.917. The first-order valence-electron chi connectivity index (χ1n) is 5.88. The first kappa shape index (κ1) is 15.6. The van der Waals surface area contributed by atoms with Gasteiger partial charge in [-0.15, -0.1) is 0 Å². The van der Waals surface area contributed by atoms with Crippen molar-refractivity contribution in [1.82, 2.24) is 10.6 Å². The summed E-state index contributed by atoms with van der Waals surface area (Å²) in [7, 11) is 0. The number of hydrogen-bond donors (Lipinski definition) is 3. The normalized spacial score (nSPS) is 12.4. The SMILES string of the molecule is CC(C)(S)CCCCNC(=O)NC(C)(C)C. The third-order valence-electron chi connectivity index (χ3n) is 1.99. The zero-order valence-corrected chi connectivity index (χ0v) is 12.1. The molecule has 0 aromatic heterocycles. The maximum Gasteiger partial charge on any atom is 0.315 e. The van der Waals surface area contributed by atoms with Crippen LogP contribution in [0.25, 0.3) is 0 Å². The van der Waals surface area contributed by atoms with Crippen molar-refractivity contribution < 1.29 is 4.79 Å². The van der Waals surface area contributed by atoms with Gasteiger partial charge in [0.2, 0.25) is 0 Å². The molecule has 4 heteroatoms. The molecule has 96 valence electrons. The molecular weight excluding hydrogens is 220 g/mol. The second-order valence-electron chi connectivity index (χ2n) is 5.90. The van der Waals surface area contributed by atoms with Crippen LogP contribution in [0.1, 0.15) is 53.9 Å². The molecule has 0 rings (SSSR count). The predicted octanol–water partition coefficient (Wildman–Crippen LogP) is 2.96. The van der Waals surface area contributed by atoms with E-state index in [4.69, 9.17) is 0 Å². The van der Waals surface area contributed by atoms with Gasteiger partial charge in [-0.05, 0) is 33.6 Å². The molecule has 0 aliphatic heterocycles. The van der Waals surface area contributed by atoms with Gasteiger partial charge in [0.05, 0.1) is 0 Å². The molecule has 0 saturated heterocycles. The van der Waals surface area contributed by atoms with Gasteiger partial charge >= 0.3 is 6.03 Å². The monoisotopic (exact) mass is 246 g/mol. The van der Waals surface area contributed by atoms with E-state index < -0.39 is 0 Å². The van der Waals surface area contributed by atoms with Crippen LogP contribution < -0.4 is 10.6 Å². The third kappa shape index (κ3) is 11.7. The van der Waals surface area contributed by atoms with Crippen molar-refractivity contribution in [2.24, 2.45) is 0 Å².